The van der Waals surface area contributed by atoms with Crippen molar-refractivity contribution in [1.82, 2.24) is 14.9 Å². The van der Waals surface area contributed by atoms with Gasteiger partial charge in [-0.25, -0.2) is 13.1 Å². The number of carbonyl (C=O) groups is 1. The maximum absolute atomic E-state index is 12.5. The van der Waals surface area contributed by atoms with Crippen LogP contribution in [-0.2, 0) is 10.0 Å². The summed E-state index contributed by atoms with van der Waals surface area (Å²) in [5.74, 6) is -0.362. The van der Waals surface area contributed by atoms with Gasteiger partial charge in [0.2, 0.25) is 9.47 Å². The third-order valence-corrected chi connectivity index (χ3v) is 6.71. The van der Waals surface area contributed by atoms with Crippen LogP contribution in [0.2, 0.25) is 0 Å². The molecular weight excluding hydrogens is 396 g/mol. The molecule has 1 aromatic heterocycles. The monoisotopic (exact) mass is 416 g/mol. The molecule has 1 heterocycles. The molecule has 0 spiro atoms. The first kappa shape index (κ1) is 20.1. The van der Waals surface area contributed by atoms with Crippen LogP contribution in [0.25, 0.3) is 0 Å². The first-order valence-electron chi connectivity index (χ1n) is 8.61. The molecule has 0 saturated heterocycles. The summed E-state index contributed by atoms with van der Waals surface area (Å²) in [5, 5.41) is 10.2. The summed E-state index contributed by atoms with van der Waals surface area (Å²) in [4.78, 5) is 12.3. The van der Waals surface area contributed by atoms with Gasteiger partial charge in [-0.3, -0.25) is 10.1 Å². The Kier molecular flexibility index (Phi) is 6.18. The second kappa shape index (κ2) is 8.59. The average Bonchev–Trinajstić information content (AvgIpc) is 3.16. The van der Waals surface area contributed by atoms with Crippen LogP contribution in [0.5, 0.6) is 0 Å². The van der Waals surface area contributed by atoms with Gasteiger partial charge in [-0.2, -0.15) is 0 Å². The number of hydrogen-bond acceptors (Lipinski definition) is 6. The van der Waals surface area contributed by atoms with Gasteiger partial charge in [-0.05, 0) is 30.5 Å². The summed E-state index contributed by atoms with van der Waals surface area (Å²) in [5.41, 5.74) is 2.45. The van der Waals surface area contributed by atoms with Crippen molar-refractivity contribution in [1.29, 1.82) is 0 Å². The van der Waals surface area contributed by atoms with Gasteiger partial charge < -0.3 is 0 Å². The Morgan fingerprint density at radius 3 is 2.57 bits per heavy atom. The first-order valence-corrected chi connectivity index (χ1v) is 10.9. The first-order chi connectivity index (χ1) is 13.3. The van der Waals surface area contributed by atoms with Crippen LogP contribution >= 0.6 is 11.3 Å². The minimum absolute atomic E-state index is 0.00406. The molecule has 28 heavy (non-hydrogen) atoms. The molecule has 0 aliphatic carbocycles. The highest BCUT2D eigenvalue weighted by molar-refractivity contribution is 7.91. The van der Waals surface area contributed by atoms with Crippen molar-refractivity contribution in [2.75, 3.05) is 11.9 Å². The van der Waals surface area contributed by atoms with Gasteiger partial charge in [-0.1, -0.05) is 66.3 Å². The lowest BCUT2D eigenvalue weighted by molar-refractivity contribution is 0.102. The Labute approximate surface area is 167 Å². The number of nitrogens with one attached hydrogen (secondary N) is 2. The number of benzene rings is 2. The van der Waals surface area contributed by atoms with Crippen molar-refractivity contribution in [2.24, 2.45) is 0 Å². The molecule has 2 N–H and O–H groups in total. The predicted molar refractivity (Wildman–Crippen MR) is 109 cm³/mol. The minimum atomic E-state index is -3.81. The van der Waals surface area contributed by atoms with E-state index in [9.17, 15) is 13.2 Å². The smallest absolute Gasteiger partial charge is 0.269 e. The summed E-state index contributed by atoms with van der Waals surface area (Å²) in [6, 6.07) is 16.7. The van der Waals surface area contributed by atoms with Crippen molar-refractivity contribution < 1.29 is 13.2 Å². The summed E-state index contributed by atoms with van der Waals surface area (Å²) < 4.78 is 27.3. The van der Waals surface area contributed by atoms with Gasteiger partial charge in [-0.15, -0.1) is 10.2 Å². The number of anilines is 1. The van der Waals surface area contributed by atoms with Crippen LogP contribution < -0.4 is 10.0 Å². The Balaban J connectivity index is 1.64. The highest BCUT2D eigenvalue weighted by atomic mass is 32.2. The predicted octanol–water partition coefficient (Wildman–Crippen LogP) is 3.18. The summed E-state index contributed by atoms with van der Waals surface area (Å²) in [7, 11) is -3.81. The van der Waals surface area contributed by atoms with Crippen LogP contribution in [0.1, 0.15) is 34.3 Å². The quantitative estimate of drug-likeness (QED) is 0.576. The van der Waals surface area contributed by atoms with E-state index >= 15 is 0 Å². The molecule has 1 amide bonds. The summed E-state index contributed by atoms with van der Waals surface area (Å²) in [6.07, 6.45) is 0. The maximum atomic E-state index is 12.5. The van der Waals surface area contributed by atoms with Crippen LogP contribution in [0, 0.1) is 6.92 Å². The van der Waals surface area contributed by atoms with Gasteiger partial charge in [0.05, 0.1) is 0 Å². The number of aryl methyl sites for hydroxylation is 1. The number of aromatic nitrogens is 2. The van der Waals surface area contributed by atoms with E-state index in [1.54, 1.807) is 18.2 Å². The Bertz CT molecular complexity index is 1070. The van der Waals surface area contributed by atoms with Crippen LogP contribution in [-0.4, -0.2) is 31.1 Å². The SMILES string of the molecule is Cc1cccc(C(=O)Nc2nnc(S(=O)(=O)NC[C@H](C)c3ccccc3)s2)c1. The number of hydrogen-bond donors (Lipinski definition) is 2. The lowest BCUT2D eigenvalue weighted by Gasteiger charge is -2.12. The largest absolute Gasteiger partial charge is 0.296 e. The molecule has 146 valence electrons. The molecule has 0 unspecified atom stereocenters. The molecule has 2 aromatic carbocycles. The Morgan fingerprint density at radius 1 is 1.11 bits per heavy atom. The molecular formula is C19H20N4O3S2. The van der Waals surface area contributed by atoms with Crippen LogP contribution in [0.4, 0.5) is 5.13 Å². The lowest BCUT2D eigenvalue weighted by Crippen LogP contribution is -2.27. The van der Waals surface area contributed by atoms with Gasteiger partial charge in [0.1, 0.15) is 0 Å². The van der Waals surface area contributed by atoms with Gasteiger partial charge in [0.25, 0.3) is 15.9 Å². The zero-order valence-electron chi connectivity index (χ0n) is 15.4. The number of rotatable bonds is 7. The summed E-state index contributed by atoms with van der Waals surface area (Å²) >= 11 is 0.810. The van der Waals surface area contributed by atoms with Crippen molar-refractivity contribution in [3.05, 3.63) is 71.3 Å². The van der Waals surface area contributed by atoms with Gasteiger partial charge >= 0.3 is 0 Å². The standard InChI is InChI=1S/C19H20N4O3S2/c1-13-7-6-10-16(11-13)17(24)21-18-22-23-19(27-18)28(25,26)20-12-14(2)15-8-4-3-5-9-15/h3-11,14,20H,12H2,1-2H3,(H,21,22,24)/t14-/m0/s1. The number of sulfonamides is 1. The zero-order chi connectivity index (χ0) is 20.1. The lowest BCUT2D eigenvalue weighted by atomic mass is 10.0. The highest BCUT2D eigenvalue weighted by Crippen LogP contribution is 2.21. The fourth-order valence-electron chi connectivity index (χ4n) is 2.52. The number of amides is 1. The fraction of sp³-hybridized carbons (Fsp3) is 0.211. The van der Waals surface area contributed by atoms with E-state index in [2.05, 4.69) is 20.2 Å². The molecule has 0 radical (unpaired) electrons. The maximum Gasteiger partial charge on any atom is 0.269 e. The van der Waals surface area contributed by atoms with E-state index < -0.39 is 10.0 Å². The molecule has 0 saturated carbocycles. The molecule has 0 fully saturated rings. The van der Waals surface area contributed by atoms with E-state index in [1.807, 2.05) is 50.2 Å². The zero-order valence-corrected chi connectivity index (χ0v) is 17.0. The minimum Gasteiger partial charge on any atom is -0.296 e. The van der Waals surface area contributed by atoms with E-state index in [0.29, 0.717) is 5.56 Å². The van der Waals surface area contributed by atoms with Gasteiger partial charge in [0.15, 0.2) is 0 Å². The molecule has 0 aliphatic heterocycles. The van der Waals surface area contributed by atoms with E-state index in [1.165, 1.54) is 0 Å². The van der Waals surface area contributed by atoms with Gasteiger partial charge in [0, 0.05) is 12.1 Å². The molecule has 7 nitrogen and oxygen atoms in total. The molecule has 3 aromatic rings. The van der Waals surface area contributed by atoms with E-state index in [0.717, 1.165) is 22.5 Å². The second-order valence-corrected chi connectivity index (χ2v) is 9.28. The fourth-order valence-corrected chi connectivity index (χ4v) is 4.59. The van der Waals surface area contributed by atoms with Crippen molar-refractivity contribution in [3.63, 3.8) is 0 Å². The topological polar surface area (TPSA) is 101 Å². The third kappa shape index (κ3) is 5.00. The Morgan fingerprint density at radius 2 is 1.86 bits per heavy atom. The number of nitrogens with zero attached hydrogens (tertiary/aromatic N) is 2. The van der Waals surface area contributed by atoms with Crippen molar-refractivity contribution >= 4 is 32.4 Å². The van der Waals surface area contributed by atoms with Crippen molar-refractivity contribution in [3.8, 4) is 0 Å². The van der Waals surface area contributed by atoms with E-state index in [-0.39, 0.29) is 27.8 Å². The molecule has 0 bridgehead atoms. The highest BCUT2D eigenvalue weighted by Gasteiger charge is 2.22. The average molecular weight is 417 g/mol. The van der Waals surface area contributed by atoms with Crippen molar-refractivity contribution in [2.45, 2.75) is 24.1 Å². The molecule has 1 atom stereocenters. The normalized spacial score (nSPS) is 12.5. The molecule has 9 heteroatoms. The molecule has 3 rings (SSSR count). The summed E-state index contributed by atoms with van der Waals surface area (Å²) in [6.45, 7) is 4.05. The van der Waals surface area contributed by atoms with Crippen LogP contribution in [0.3, 0.4) is 0 Å². The molecule has 0 aliphatic rings. The number of carbonyl (C=O) groups excluding carboxylic acids is 1. The second-order valence-electron chi connectivity index (χ2n) is 6.36. The van der Waals surface area contributed by atoms with Crippen LogP contribution in [0.15, 0.2) is 58.9 Å². The third-order valence-electron chi connectivity index (χ3n) is 4.09. The van der Waals surface area contributed by atoms with E-state index in [4.69, 9.17) is 0 Å². The Hall–Kier alpha value is -2.62.